The van der Waals surface area contributed by atoms with Crippen LogP contribution in [0.15, 0.2) is 0 Å². The minimum Gasteiger partial charge on any atom is -0.691 e. The van der Waals surface area contributed by atoms with Gasteiger partial charge < -0.3 is 9.99 Å². The fourth-order valence-electron chi connectivity index (χ4n) is 0.729. The molecule has 12 heteroatoms. The first kappa shape index (κ1) is 16.3. The van der Waals surface area contributed by atoms with Crippen LogP contribution < -0.4 is 5.26 Å². The van der Waals surface area contributed by atoms with Gasteiger partial charge >= 0.3 is 23.1 Å². The quantitative estimate of drug-likeness (QED) is 0.252. The lowest BCUT2D eigenvalue weighted by molar-refractivity contribution is -0.777. The Morgan fingerprint density at radius 3 is 1.76 bits per heavy atom. The molecule has 102 valence electrons. The van der Waals surface area contributed by atoms with Crippen LogP contribution in [0.25, 0.3) is 0 Å². The van der Waals surface area contributed by atoms with Gasteiger partial charge in [0, 0.05) is 0 Å². The van der Waals surface area contributed by atoms with Gasteiger partial charge in [-0.1, -0.05) is 0 Å². The number of halogens is 6. The van der Waals surface area contributed by atoms with E-state index in [4.69, 9.17) is 0 Å². The first-order chi connectivity index (χ1) is 7.54. The van der Waals surface area contributed by atoms with Crippen molar-refractivity contribution in [2.45, 2.75) is 17.1 Å². The summed E-state index contributed by atoms with van der Waals surface area (Å²) in [6.45, 7) is 0. The van der Waals surface area contributed by atoms with Crippen molar-refractivity contribution in [2.75, 3.05) is 7.11 Å². The van der Waals surface area contributed by atoms with Crippen molar-refractivity contribution in [1.29, 1.82) is 0 Å². The summed E-state index contributed by atoms with van der Waals surface area (Å²) in [4.78, 5) is 10.7. The number of hydrogen-bond acceptors (Lipinski definition) is 6. The Hall–Kier alpha value is -0.720. The molecule has 0 N–H and O–H groups in total. The van der Waals surface area contributed by atoms with Crippen molar-refractivity contribution in [3.8, 4) is 0 Å². The Labute approximate surface area is 93.7 Å². The second-order valence-corrected chi connectivity index (χ2v) is 3.30. The molecule has 0 radical (unpaired) electrons. The molecule has 0 aromatic rings. The average molecular weight is 289 g/mol. The van der Waals surface area contributed by atoms with Crippen molar-refractivity contribution in [1.82, 2.24) is 0 Å². The maximum absolute atomic E-state index is 12.4. The summed E-state index contributed by atoms with van der Waals surface area (Å²) in [5.41, 5.74) is 0. The monoisotopic (exact) mass is 289 g/mol. The molecule has 0 fully saturated rings. The Balaban J connectivity index is 5.64. The van der Waals surface area contributed by atoms with Gasteiger partial charge in [-0.05, 0) is 0 Å². The molecule has 0 atom stereocenters. The second-order valence-electron chi connectivity index (χ2n) is 2.39. The third-order valence-electron chi connectivity index (χ3n) is 1.46. The van der Waals surface area contributed by atoms with Crippen LogP contribution in [-0.4, -0.2) is 30.2 Å². The highest BCUT2D eigenvalue weighted by Crippen LogP contribution is 2.53. The largest absolute Gasteiger partial charge is 0.691 e. The van der Waals surface area contributed by atoms with Gasteiger partial charge in [-0.2, -0.15) is 30.7 Å². The fourth-order valence-corrected chi connectivity index (χ4v) is 1.20. The number of carbonyl (C=O) groups excluding carboxylic acids is 1. The molecule has 0 aromatic carbocycles. The normalized spacial score (nSPS) is 13.6. The van der Waals surface area contributed by atoms with Crippen molar-refractivity contribution < 1.29 is 50.5 Å². The van der Waals surface area contributed by atoms with Crippen molar-refractivity contribution >= 4 is 18.0 Å². The average Bonchev–Trinajstić information content (AvgIpc) is 2.14. The molecule has 0 bridgehead atoms. The van der Waals surface area contributed by atoms with Crippen LogP contribution in [0.2, 0.25) is 0 Å². The van der Waals surface area contributed by atoms with Gasteiger partial charge in [-0.15, -0.1) is 0 Å². The molecule has 0 aliphatic rings. The summed E-state index contributed by atoms with van der Waals surface area (Å²) in [5, 5.41) is 11.7. The van der Waals surface area contributed by atoms with Gasteiger partial charge in [-0.25, -0.2) is 4.79 Å². The lowest BCUT2D eigenvalue weighted by Crippen LogP contribution is -2.60. The standard InChI is InChI=1S/C5H4F6O5S/c1-14-2(12)3(4(6,7)8,5(9,10)11)17-16-15-13/h13H,1H3/p-1. The molecule has 17 heavy (non-hydrogen) atoms. The van der Waals surface area contributed by atoms with Crippen LogP contribution in [0.5, 0.6) is 0 Å². The summed E-state index contributed by atoms with van der Waals surface area (Å²) < 4.78 is 75.5. The molecule has 0 heterocycles. The zero-order valence-electron chi connectivity index (χ0n) is 7.72. The third-order valence-corrected chi connectivity index (χ3v) is 2.46. The number of methoxy groups -OCH3 is 1. The molecule has 0 aliphatic carbocycles. The van der Waals surface area contributed by atoms with E-state index in [-0.39, 0.29) is 0 Å². The highest BCUT2D eigenvalue weighted by molar-refractivity contribution is 7.96. The zero-order chi connectivity index (χ0) is 13.9. The van der Waals surface area contributed by atoms with Crippen LogP contribution in [-0.2, 0) is 18.9 Å². The predicted molar refractivity (Wildman–Crippen MR) is 36.6 cm³/mol. The van der Waals surface area contributed by atoms with Crippen LogP contribution in [0.4, 0.5) is 26.3 Å². The van der Waals surface area contributed by atoms with E-state index in [1.165, 1.54) is 0 Å². The Kier molecular flexibility index (Phi) is 5.06. The van der Waals surface area contributed by atoms with E-state index in [0.717, 1.165) is 0 Å². The van der Waals surface area contributed by atoms with Gasteiger partial charge in [0.1, 0.15) is 0 Å². The van der Waals surface area contributed by atoms with Gasteiger partial charge in [0.05, 0.1) is 19.2 Å². The van der Waals surface area contributed by atoms with Crippen LogP contribution >= 0.6 is 12.0 Å². The summed E-state index contributed by atoms with van der Waals surface area (Å²) in [6.07, 6.45) is -12.2. The fraction of sp³-hybridized carbons (Fsp3) is 0.800. The minimum atomic E-state index is -6.11. The molecule has 0 rings (SSSR count). The molecule has 0 aliphatic heterocycles. The summed E-state index contributed by atoms with van der Waals surface area (Å²) in [7, 11) is 0.313. The molecular weight excluding hydrogens is 286 g/mol. The molecule has 0 unspecified atom stereocenters. The summed E-state index contributed by atoms with van der Waals surface area (Å²) in [5.74, 6) is -2.69. The number of alkyl halides is 6. The Bertz CT molecular complexity index is 261. The molecule has 0 saturated carbocycles. The van der Waals surface area contributed by atoms with Gasteiger partial charge in [-0.3, -0.25) is 5.04 Å². The highest BCUT2D eigenvalue weighted by atomic mass is 32.2. The van der Waals surface area contributed by atoms with Crippen LogP contribution in [0, 0.1) is 0 Å². The topological polar surface area (TPSA) is 67.8 Å². The van der Waals surface area contributed by atoms with Gasteiger partial charge in [0.15, 0.2) is 0 Å². The molecule has 0 spiro atoms. The first-order valence-corrected chi connectivity index (χ1v) is 4.15. The highest BCUT2D eigenvalue weighted by Gasteiger charge is 2.78. The van der Waals surface area contributed by atoms with Crippen LogP contribution in [0.1, 0.15) is 0 Å². The van der Waals surface area contributed by atoms with E-state index in [1.807, 2.05) is 0 Å². The predicted octanol–water partition coefficient (Wildman–Crippen LogP) is 0.894. The third kappa shape index (κ3) is 2.94. The van der Waals surface area contributed by atoms with Crippen molar-refractivity contribution in [3.63, 3.8) is 0 Å². The van der Waals surface area contributed by atoms with Crippen LogP contribution in [0.3, 0.4) is 0 Å². The zero-order valence-corrected chi connectivity index (χ0v) is 8.53. The first-order valence-electron chi connectivity index (χ1n) is 3.40. The number of rotatable bonds is 4. The van der Waals surface area contributed by atoms with E-state index in [9.17, 15) is 36.4 Å². The lowest BCUT2D eigenvalue weighted by atomic mass is 10.1. The SMILES string of the molecule is COC(=O)C(SOO[O-])(C(F)(F)F)C(F)(F)F. The smallest absolute Gasteiger partial charge is 0.425 e. The maximum atomic E-state index is 12.4. The molecule has 0 amide bonds. The van der Waals surface area contributed by atoms with Gasteiger partial charge in [0.25, 0.3) is 0 Å². The number of carbonyl (C=O) groups is 1. The van der Waals surface area contributed by atoms with Crippen molar-refractivity contribution in [3.05, 3.63) is 0 Å². The second kappa shape index (κ2) is 5.29. The molecular formula is C5H3F6O5S-. The Morgan fingerprint density at radius 1 is 1.12 bits per heavy atom. The molecule has 0 aromatic heterocycles. The molecule has 0 saturated heterocycles. The van der Waals surface area contributed by atoms with E-state index in [1.54, 1.807) is 0 Å². The van der Waals surface area contributed by atoms with E-state index >= 15 is 0 Å². The van der Waals surface area contributed by atoms with Gasteiger partial charge in [0.2, 0.25) is 0 Å². The number of hydrogen-bond donors (Lipinski definition) is 0. The lowest BCUT2D eigenvalue weighted by Gasteiger charge is -2.32. The summed E-state index contributed by atoms with van der Waals surface area (Å²) in [6, 6.07) is 0. The molecule has 5 nitrogen and oxygen atoms in total. The maximum Gasteiger partial charge on any atom is 0.425 e. The van der Waals surface area contributed by atoms with Crippen molar-refractivity contribution in [2.24, 2.45) is 0 Å². The van der Waals surface area contributed by atoms with E-state index in [2.05, 4.69) is 14.1 Å². The number of esters is 1. The van der Waals surface area contributed by atoms with E-state index < -0.39 is 35.1 Å². The minimum absolute atomic E-state index is 0.313. The number of ether oxygens (including phenoxy) is 1. The Morgan fingerprint density at radius 2 is 1.53 bits per heavy atom. The van der Waals surface area contributed by atoms with E-state index in [0.29, 0.717) is 7.11 Å². The summed E-state index contributed by atoms with van der Waals surface area (Å²) >= 11 is -1.54.